The summed E-state index contributed by atoms with van der Waals surface area (Å²) >= 11 is 0. The fraction of sp³-hybridized carbons (Fsp3) is 0.516. The molecule has 4 saturated carbocycles. The summed E-state index contributed by atoms with van der Waals surface area (Å²) in [7, 11) is 1.61. The highest BCUT2D eigenvalue weighted by atomic mass is 16.7. The molecule has 0 spiro atoms. The van der Waals surface area contributed by atoms with Crippen LogP contribution in [0, 0.1) is 24.7 Å². The Kier molecular flexibility index (Phi) is 7.49. The first-order valence-electron chi connectivity index (χ1n) is 13.3. The van der Waals surface area contributed by atoms with Gasteiger partial charge in [0, 0.05) is 18.7 Å². The van der Waals surface area contributed by atoms with Gasteiger partial charge < -0.3 is 18.9 Å². The van der Waals surface area contributed by atoms with Crippen LogP contribution in [0.25, 0.3) is 17.2 Å². The molecule has 192 valence electrons. The normalized spacial score (nSPS) is 26.5. The van der Waals surface area contributed by atoms with Crippen molar-refractivity contribution < 1.29 is 23.7 Å². The monoisotopic (exact) mass is 490 g/mol. The zero-order valence-corrected chi connectivity index (χ0v) is 21.8. The Morgan fingerprint density at radius 3 is 2.31 bits per heavy atom. The van der Waals surface area contributed by atoms with E-state index in [0.717, 1.165) is 45.8 Å². The van der Waals surface area contributed by atoms with Gasteiger partial charge in [0.25, 0.3) is 0 Å². The van der Waals surface area contributed by atoms with Crippen molar-refractivity contribution in [2.45, 2.75) is 57.8 Å². The van der Waals surface area contributed by atoms with Gasteiger partial charge in [-0.3, -0.25) is 0 Å². The first kappa shape index (κ1) is 25.0. The van der Waals surface area contributed by atoms with E-state index in [9.17, 15) is 4.79 Å². The van der Waals surface area contributed by atoms with Crippen LogP contribution in [0.5, 0.6) is 5.75 Å². The summed E-state index contributed by atoms with van der Waals surface area (Å²) in [5.41, 5.74) is 5.83. The molecule has 0 unspecified atom stereocenters. The number of carbonyl (C=O) groups excluding carboxylic acids is 1. The number of hydrogen-bond acceptors (Lipinski definition) is 5. The summed E-state index contributed by atoms with van der Waals surface area (Å²) in [5.74, 6) is 2.95. The standard InChI is InChI=1S/C31H38O5/c1-4-35-29(32)11-10-26-21(2)30(25-8-6-5-7-9-25)28(36-20-34-19-33-3)15-27(26)31-16-22-12-23(17-31)14-24(13-22)18-31/h5-11,15,22-24H,4,12-14,16-20H2,1-3H3/b11-10+. The lowest BCUT2D eigenvalue weighted by atomic mass is 9.47. The van der Waals surface area contributed by atoms with Crippen molar-refractivity contribution in [3.63, 3.8) is 0 Å². The SMILES string of the molecule is CCOC(=O)/C=C/c1c(C23CC4CC(CC(C4)C2)C3)cc(OCOCOC)c(-c2ccccc2)c1C. The Bertz CT molecular complexity index is 1070. The molecular weight excluding hydrogens is 452 g/mol. The minimum absolute atomic E-state index is 0.117. The van der Waals surface area contributed by atoms with Crippen molar-refractivity contribution in [1.82, 2.24) is 0 Å². The molecule has 5 heteroatoms. The largest absolute Gasteiger partial charge is 0.467 e. The summed E-state index contributed by atoms with van der Waals surface area (Å²) in [5, 5.41) is 0. The third kappa shape index (κ3) is 4.96. The van der Waals surface area contributed by atoms with Gasteiger partial charge in [-0.05, 0) is 110 Å². The number of benzene rings is 2. The first-order chi connectivity index (χ1) is 17.5. The summed E-state index contributed by atoms with van der Waals surface area (Å²) < 4.78 is 22.1. The van der Waals surface area contributed by atoms with E-state index >= 15 is 0 Å². The van der Waals surface area contributed by atoms with E-state index in [1.54, 1.807) is 13.2 Å². The number of ether oxygens (including phenoxy) is 4. The number of rotatable bonds is 10. The van der Waals surface area contributed by atoms with Crippen molar-refractivity contribution in [2.24, 2.45) is 17.8 Å². The molecule has 4 bridgehead atoms. The maximum atomic E-state index is 12.3. The lowest BCUT2D eigenvalue weighted by molar-refractivity contribution is -0.137. The molecule has 0 heterocycles. The van der Waals surface area contributed by atoms with Crippen LogP contribution in [0.1, 0.15) is 62.1 Å². The van der Waals surface area contributed by atoms with E-state index in [4.69, 9.17) is 18.9 Å². The second-order valence-electron chi connectivity index (χ2n) is 10.9. The van der Waals surface area contributed by atoms with Gasteiger partial charge in [0.05, 0.1) is 6.61 Å². The summed E-state index contributed by atoms with van der Waals surface area (Å²) in [6.45, 7) is 4.66. The number of esters is 1. The predicted molar refractivity (Wildman–Crippen MR) is 141 cm³/mol. The van der Waals surface area contributed by atoms with Gasteiger partial charge in [0.1, 0.15) is 12.5 Å². The average molecular weight is 491 g/mol. The highest BCUT2D eigenvalue weighted by Gasteiger charge is 2.52. The molecule has 0 saturated heterocycles. The average Bonchev–Trinajstić information content (AvgIpc) is 2.85. The topological polar surface area (TPSA) is 54.0 Å². The molecule has 4 fully saturated rings. The molecule has 2 aromatic carbocycles. The molecular formula is C31H38O5. The molecule has 0 amide bonds. The Morgan fingerprint density at radius 1 is 1.03 bits per heavy atom. The highest BCUT2D eigenvalue weighted by molar-refractivity contribution is 5.89. The van der Waals surface area contributed by atoms with Crippen LogP contribution in [0.4, 0.5) is 0 Å². The smallest absolute Gasteiger partial charge is 0.330 e. The molecule has 5 nitrogen and oxygen atoms in total. The fourth-order valence-electron chi connectivity index (χ4n) is 7.54. The van der Waals surface area contributed by atoms with E-state index in [1.807, 2.05) is 31.2 Å². The van der Waals surface area contributed by atoms with Gasteiger partial charge in [-0.1, -0.05) is 30.3 Å². The molecule has 4 aliphatic carbocycles. The van der Waals surface area contributed by atoms with Gasteiger partial charge in [-0.2, -0.15) is 0 Å². The second kappa shape index (κ2) is 10.8. The van der Waals surface area contributed by atoms with Crippen molar-refractivity contribution in [3.05, 3.63) is 59.2 Å². The van der Waals surface area contributed by atoms with Gasteiger partial charge in [0.2, 0.25) is 0 Å². The molecule has 4 aliphatic rings. The Labute approximate surface area is 214 Å². The van der Waals surface area contributed by atoms with E-state index in [2.05, 4.69) is 25.1 Å². The van der Waals surface area contributed by atoms with Crippen molar-refractivity contribution in [1.29, 1.82) is 0 Å². The summed E-state index contributed by atoms with van der Waals surface area (Å²) in [4.78, 5) is 12.3. The first-order valence-corrected chi connectivity index (χ1v) is 13.3. The van der Waals surface area contributed by atoms with Gasteiger partial charge in [-0.25, -0.2) is 4.79 Å². The van der Waals surface area contributed by atoms with Crippen LogP contribution < -0.4 is 4.74 Å². The highest BCUT2D eigenvalue weighted by Crippen LogP contribution is 2.62. The molecule has 0 N–H and O–H groups in total. The molecule has 6 rings (SSSR count). The van der Waals surface area contributed by atoms with E-state index in [-0.39, 0.29) is 25.0 Å². The fourth-order valence-corrected chi connectivity index (χ4v) is 7.54. The molecule has 0 aliphatic heterocycles. The quantitative estimate of drug-likeness (QED) is 0.161. The predicted octanol–water partition coefficient (Wildman–Crippen LogP) is 6.66. The Hall–Kier alpha value is -2.63. The maximum Gasteiger partial charge on any atom is 0.330 e. The van der Waals surface area contributed by atoms with Crippen LogP contribution in [0.3, 0.4) is 0 Å². The number of methoxy groups -OCH3 is 1. The third-order valence-corrected chi connectivity index (χ3v) is 8.43. The van der Waals surface area contributed by atoms with Gasteiger partial charge in [-0.15, -0.1) is 0 Å². The van der Waals surface area contributed by atoms with E-state index in [1.165, 1.54) is 44.1 Å². The van der Waals surface area contributed by atoms with Crippen LogP contribution >= 0.6 is 0 Å². The zero-order valence-electron chi connectivity index (χ0n) is 21.8. The second-order valence-corrected chi connectivity index (χ2v) is 10.9. The molecule has 0 aromatic heterocycles. The number of carbonyl (C=O) groups is 1. The maximum absolute atomic E-state index is 12.3. The lowest BCUT2D eigenvalue weighted by Crippen LogP contribution is -2.48. The Balaban J connectivity index is 1.65. The van der Waals surface area contributed by atoms with E-state index < -0.39 is 0 Å². The molecule has 0 atom stereocenters. The van der Waals surface area contributed by atoms with Crippen molar-refractivity contribution in [3.8, 4) is 16.9 Å². The molecule has 36 heavy (non-hydrogen) atoms. The van der Waals surface area contributed by atoms with Gasteiger partial charge >= 0.3 is 5.97 Å². The van der Waals surface area contributed by atoms with Gasteiger partial charge in [0.15, 0.2) is 6.79 Å². The van der Waals surface area contributed by atoms with Crippen LogP contribution in [-0.4, -0.2) is 33.3 Å². The minimum atomic E-state index is -0.303. The summed E-state index contributed by atoms with van der Waals surface area (Å²) in [6.07, 6.45) is 11.4. The van der Waals surface area contributed by atoms with Crippen molar-refractivity contribution >= 4 is 12.0 Å². The lowest BCUT2D eigenvalue weighted by Gasteiger charge is -2.57. The molecule has 2 aromatic rings. The van der Waals surface area contributed by atoms with E-state index in [0.29, 0.717) is 6.61 Å². The minimum Gasteiger partial charge on any atom is -0.467 e. The van der Waals surface area contributed by atoms with Crippen LogP contribution in [0.2, 0.25) is 0 Å². The van der Waals surface area contributed by atoms with Crippen LogP contribution in [0.15, 0.2) is 42.5 Å². The Morgan fingerprint density at radius 2 is 1.69 bits per heavy atom. The zero-order chi connectivity index (χ0) is 25.1. The number of hydrogen-bond donors (Lipinski definition) is 0. The van der Waals surface area contributed by atoms with Crippen molar-refractivity contribution in [2.75, 3.05) is 27.3 Å². The summed E-state index contributed by atoms with van der Waals surface area (Å²) in [6, 6.07) is 12.6. The third-order valence-electron chi connectivity index (χ3n) is 8.43. The van der Waals surface area contributed by atoms with Crippen LogP contribution in [-0.2, 0) is 24.4 Å². The molecule has 0 radical (unpaired) electrons.